The summed E-state index contributed by atoms with van der Waals surface area (Å²) >= 11 is 3.26. The van der Waals surface area contributed by atoms with E-state index in [-0.39, 0.29) is 16.1 Å². The molecule has 0 bridgehead atoms. The van der Waals surface area contributed by atoms with Crippen LogP contribution in [0.4, 0.5) is 5.69 Å². The second kappa shape index (κ2) is 7.23. The molecular weight excluding hydrogens is 398 g/mol. The number of ether oxygens (including phenoxy) is 2. The van der Waals surface area contributed by atoms with Crippen molar-refractivity contribution in [1.82, 2.24) is 0 Å². The van der Waals surface area contributed by atoms with Crippen molar-refractivity contribution in [3.63, 3.8) is 0 Å². The lowest BCUT2D eigenvalue weighted by Gasteiger charge is -2.14. The summed E-state index contributed by atoms with van der Waals surface area (Å²) in [6.45, 7) is 1.69. The van der Waals surface area contributed by atoms with Crippen LogP contribution < -0.4 is 9.46 Å². The molecule has 2 aromatic rings. The average molecular weight is 414 g/mol. The molecule has 0 spiro atoms. The van der Waals surface area contributed by atoms with Crippen LogP contribution in [-0.4, -0.2) is 28.6 Å². The number of rotatable bonds is 5. The Morgan fingerprint density at radius 1 is 1.12 bits per heavy atom. The second-order valence-corrected chi connectivity index (χ2v) is 7.48. The van der Waals surface area contributed by atoms with E-state index in [2.05, 4.69) is 20.7 Å². The van der Waals surface area contributed by atoms with Gasteiger partial charge in [-0.1, -0.05) is 22.0 Å². The van der Waals surface area contributed by atoms with Gasteiger partial charge in [-0.05, 0) is 42.8 Å². The number of sulfonamides is 1. The van der Waals surface area contributed by atoms with Gasteiger partial charge in [0.1, 0.15) is 5.75 Å². The molecule has 0 aliphatic carbocycles. The van der Waals surface area contributed by atoms with Crippen LogP contribution >= 0.6 is 15.9 Å². The summed E-state index contributed by atoms with van der Waals surface area (Å²) in [5, 5.41) is 0. The van der Waals surface area contributed by atoms with Gasteiger partial charge in [0.15, 0.2) is 0 Å². The number of anilines is 1. The Labute approximate surface area is 149 Å². The Hall–Kier alpha value is -2.06. The maximum atomic E-state index is 12.7. The number of esters is 1. The molecule has 24 heavy (non-hydrogen) atoms. The van der Waals surface area contributed by atoms with Gasteiger partial charge in [-0.25, -0.2) is 13.2 Å². The summed E-state index contributed by atoms with van der Waals surface area (Å²) in [5.41, 5.74) is 0.758. The largest absolute Gasteiger partial charge is 0.497 e. The first-order valence-electron chi connectivity index (χ1n) is 6.84. The van der Waals surface area contributed by atoms with Crippen LogP contribution in [0.5, 0.6) is 5.75 Å². The van der Waals surface area contributed by atoms with Crippen LogP contribution in [0.2, 0.25) is 0 Å². The van der Waals surface area contributed by atoms with E-state index in [1.807, 2.05) is 0 Å². The molecule has 0 aliphatic heterocycles. The summed E-state index contributed by atoms with van der Waals surface area (Å²) < 4.78 is 38.2. The number of benzene rings is 2. The quantitative estimate of drug-likeness (QED) is 0.759. The smallest absolute Gasteiger partial charge is 0.340 e. The molecule has 0 atom stereocenters. The van der Waals surface area contributed by atoms with E-state index >= 15 is 0 Å². The molecule has 0 aliphatic rings. The lowest BCUT2D eigenvalue weighted by atomic mass is 10.2. The molecule has 0 saturated carbocycles. The zero-order chi connectivity index (χ0) is 17.9. The zero-order valence-electron chi connectivity index (χ0n) is 13.3. The topological polar surface area (TPSA) is 81.7 Å². The van der Waals surface area contributed by atoms with E-state index < -0.39 is 16.0 Å². The fourth-order valence-corrected chi connectivity index (χ4v) is 3.95. The molecule has 6 nitrogen and oxygen atoms in total. The fraction of sp³-hybridized carbons (Fsp3) is 0.188. The van der Waals surface area contributed by atoms with E-state index in [4.69, 9.17) is 9.47 Å². The highest BCUT2D eigenvalue weighted by Gasteiger charge is 2.21. The number of halogens is 1. The maximum absolute atomic E-state index is 12.7. The normalized spacial score (nSPS) is 11.0. The molecule has 0 unspecified atom stereocenters. The summed E-state index contributed by atoms with van der Waals surface area (Å²) in [6.07, 6.45) is 0. The van der Waals surface area contributed by atoms with Crippen molar-refractivity contribution < 1.29 is 22.7 Å². The molecule has 0 saturated heterocycles. The Morgan fingerprint density at radius 2 is 1.83 bits per heavy atom. The Balaban J connectivity index is 2.50. The minimum absolute atomic E-state index is 0.0630. The fourth-order valence-electron chi connectivity index (χ4n) is 2.08. The highest BCUT2D eigenvalue weighted by atomic mass is 79.9. The van der Waals surface area contributed by atoms with Crippen molar-refractivity contribution >= 4 is 37.6 Å². The molecule has 2 aromatic carbocycles. The molecule has 1 N–H and O–H groups in total. The number of nitrogens with one attached hydrogen (secondary N) is 1. The molecule has 0 radical (unpaired) electrons. The number of hydrogen-bond donors (Lipinski definition) is 1. The van der Waals surface area contributed by atoms with Crippen molar-refractivity contribution in [2.24, 2.45) is 0 Å². The number of carbonyl (C=O) groups is 1. The summed E-state index contributed by atoms with van der Waals surface area (Å²) in [5.74, 6) is -0.255. The van der Waals surface area contributed by atoms with E-state index in [1.54, 1.807) is 25.1 Å². The third-order valence-electron chi connectivity index (χ3n) is 3.32. The monoisotopic (exact) mass is 413 g/mol. The van der Waals surface area contributed by atoms with Crippen LogP contribution in [0.25, 0.3) is 0 Å². The Morgan fingerprint density at radius 3 is 2.46 bits per heavy atom. The molecule has 0 heterocycles. The predicted molar refractivity (Wildman–Crippen MR) is 94.0 cm³/mol. The van der Waals surface area contributed by atoms with Crippen LogP contribution in [0.15, 0.2) is 45.8 Å². The van der Waals surface area contributed by atoms with Crippen molar-refractivity contribution in [2.45, 2.75) is 11.8 Å². The van der Waals surface area contributed by atoms with Crippen LogP contribution in [-0.2, 0) is 14.8 Å². The first-order chi connectivity index (χ1) is 11.3. The van der Waals surface area contributed by atoms with Gasteiger partial charge in [0.25, 0.3) is 10.0 Å². The van der Waals surface area contributed by atoms with Gasteiger partial charge in [-0.2, -0.15) is 0 Å². The average Bonchev–Trinajstić information content (AvgIpc) is 2.56. The molecule has 8 heteroatoms. The molecule has 2 rings (SSSR count). The Kier molecular flexibility index (Phi) is 5.51. The van der Waals surface area contributed by atoms with Gasteiger partial charge in [-0.15, -0.1) is 0 Å². The molecule has 0 aromatic heterocycles. The van der Waals surface area contributed by atoms with Gasteiger partial charge >= 0.3 is 5.97 Å². The number of aryl methyl sites for hydroxylation is 1. The lowest BCUT2D eigenvalue weighted by Crippen LogP contribution is -2.17. The maximum Gasteiger partial charge on any atom is 0.340 e. The zero-order valence-corrected chi connectivity index (χ0v) is 15.7. The minimum atomic E-state index is -3.88. The van der Waals surface area contributed by atoms with Gasteiger partial charge in [-0.3, -0.25) is 4.72 Å². The van der Waals surface area contributed by atoms with E-state index in [9.17, 15) is 13.2 Å². The third-order valence-corrected chi connectivity index (χ3v) is 5.32. The first-order valence-corrected chi connectivity index (χ1v) is 9.11. The van der Waals surface area contributed by atoms with Crippen molar-refractivity contribution in [2.75, 3.05) is 18.9 Å². The SMILES string of the molecule is COC(=O)c1cc(OC)ccc1NS(=O)(=O)c1cc(Br)ccc1C. The van der Waals surface area contributed by atoms with Crippen LogP contribution in [0.1, 0.15) is 15.9 Å². The molecule has 0 fully saturated rings. The first kappa shape index (κ1) is 18.3. The van der Waals surface area contributed by atoms with Gasteiger partial charge in [0, 0.05) is 4.47 Å². The Bertz CT molecular complexity index is 880. The third kappa shape index (κ3) is 3.88. The van der Waals surface area contributed by atoms with Gasteiger partial charge < -0.3 is 9.47 Å². The number of carbonyl (C=O) groups excluding carboxylic acids is 1. The number of hydrogen-bond acceptors (Lipinski definition) is 5. The molecule has 0 amide bonds. The lowest BCUT2D eigenvalue weighted by molar-refractivity contribution is 0.0601. The second-order valence-electron chi connectivity index (χ2n) is 4.92. The van der Waals surface area contributed by atoms with Crippen LogP contribution in [0.3, 0.4) is 0 Å². The van der Waals surface area contributed by atoms with Crippen LogP contribution in [0, 0.1) is 6.92 Å². The highest BCUT2D eigenvalue weighted by Crippen LogP contribution is 2.27. The van der Waals surface area contributed by atoms with Gasteiger partial charge in [0.2, 0.25) is 0 Å². The number of methoxy groups -OCH3 is 2. The summed E-state index contributed by atoms with van der Waals surface area (Å²) in [4.78, 5) is 12.0. The standard InChI is InChI=1S/C16H16BrNO5S/c1-10-4-5-11(17)8-15(10)24(20,21)18-14-7-6-12(22-2)9-13(14)16(19)23-3/h4-9,18H,1-3H3. The van der Waals surface area contributed by atoms with Crippen molar-refractivity contribution in [1.29, 1.82) is 0 Å². The molecular formula is C16H16BrNO5S. The molecule has 128 valence electrons. The van der Waals surface area contributed by atoms with Gasteiger partial charge in [0.05, 0.1) is 30.4 Å². The summed E-state index contributed by atoms with van der Waals surface area (Å²) in [7, 11) is -1.21. The van der Waals surface area contributed by atoms with E-state index in [0.29, 0.717) is 15.8 Å². The summed E-state index contributed by atoms with van der Waals surface area (Å²) in [6, 6.07) is 9.36. The predicted octanol–water partition coefficient (Wildman–Crippen LogP) is 3.35. The highest BCUT2D eigenvalue weighted by molar-refractivity contribution is 9.10. The van der Waals surface area contributed by atoms with Crippen molar-refractivity contribution in [3.05, 3.63) is 52.0 Å². The minimum Gasteiger partial charge on any atom is -0.497 e. The van der Waals surface area contributed by atoms with Crippen molar-refractivity contribution in [3.8, 4) is 5.75 Å². The van der Waals surface area contributed by atoms with E-state index in [1.165, 1.54) is 32.4 Å². The van der Waals surface area contributed by atoms with E-state index in [0.717, 1.165) is 0 Å².